The van der Waals surface area contributed by atoms with Gasteiger partial charge in [0.25, 0.3) is 5.91 Å². The summed E-state index contributed by atoms with van der Waals surface area (Å²) in [6.07, 6.45) is 3.76. The Morgan fingerprint density at radius 1 is 0.867 bits per heavy atom. The standard InChI is InChI=1S/C26H27ClN2O/c27-24-8-4-5-9-25(24)28-26(30)23-12-10-22(11-13-23)19-29-16-14-21(15-17-29)18-20-6-2-1-3-7-20/h1-13,21H,14-19H2,(H,28,30)/p+1. The van der Waals surface area contributed by atoms with Crippen molar-refractivity contribution in [2.24, 2.45) is 5.92 Å². The fourth-order valence-corrected chi connectivity index (χ4v) is 4.42. The molecule has 1 heterocycles. The van der Waals surface area contributed by atoms with E-state index in [2.05, 4.69) is 47.8 Å². The van der Waals surface area contributed by atoms with Crippen LogP contribution in [0.5, 0.6) is 0 Å². The Kier molecular flexibility index (Phi) is 6.83. The van der Waals surface area contributed by atoms with Gasteiger partial charge < -0.3 is 10.2 Å². The fraction of sp³-hybridized carbons (Fsp3) is 0.269. The number of benzene rings is 3. The van der Waals surface area contributed by atoms with Crippen molar-refractivity contribution in [2.45, 2.75) is 25.8 Å². The van der Waals surface area contributed by atoms with E-state index in [-0.39, 0.29) is 5.91 Å². The lowest BCUT2D eigenvalue weighted by atomic mass is 9.90. The number of para-hydroxylation sites is 1. The molecule has 154 valence electrons. The molecule has 0 bridgehead atoms. The molecule has 0 unspecified atom stereocenters. The molecule has 30 heavy (non-hydrogen) atoms. The van der Waals surface area contributed by atoms with E-state index in [1.807, 2.05) is 24.3 Å². The second-order valence-corrected chi connectivity index (χ2v) is 8.60. The van der Waals surface area contributed by atoms with E-state index < -0.39 is 0 Å². The number of carbonyl (C=O) groups is 1. The Hall–Kier alpha value is -2.62. The third-order valence-corrected chi connectivity index (χ3v) is 6.30. The Balaban J connectivity index is 1.27. The number of amides is 1. The predicted molar refractivity (Wildman–Crippen MR) is 123 cm³/mol. The molecule has 1 aliphatic heterocycles. The fourth-order valence-electron chi connectivity index (χ4n) is 4.23. The third kappa shape index (κ3) is 5.50. The van der Waals surface area contributed by atoms with Crippen LogP contribution in [0.25, 0.3) is 0 Å². The summed E-state index contributed by atoms with van der Waals surface area (Å²) in [5.41, 5.74) is 4.02. The summed E-state index contributed by atoms with van der Waals surface area (Å²) in [6.45, 7) is 3.45. The van der Waals surface area contributed by atoms with Crippen LogP contribution in [0.4, 0.5) is 5.69 Å². The largest absolute Gasteiger partial charge is 0.331 e. The Morgan fingerprint density at radius 3 is 2.23 bits per heavy atom. The van der Waals surface area contributed by atoms with Crippen LogP contribution < -0.4 is 10.2 Å². The second kappa shape index (κ2) is 9.92. The van der Waals surface area contributed by atoms with E-state index in [0.717, 1.165) is 12.5 Å². The molecule has 4 heteroatoms. The molecule has 0 atom stereocenters. The van der Waals surface area contributed by atoms with Gasteiger partial charge in [0.1, 0.15) is 6.54 Å². The van der Waals surface area contributed by atoms with Gasteiger partial charge in [-0.15, -0.1) is 0 Å². The van der Waals surface area contributed by atoms with Gasteiger partial charge in [0.2, 0.25) is 0 Å². The minimum absolute atomic E-state index is 0.135. The summed E-state index contributed by atoms with van der Waals surface area (Å²) < 4.78 is 0. The molecule has 1 saturated heterocycles. The van der Waals surface area contributed by atoms with Crippen molar-refractivity contribution in [1.82, 2.24) is 0 Å². The third-order valence-electron chi connectivity index (χ3n) is 5.97. The normalized spacial score (nSPS) is 18.7. The van der Waals surface area contributed by atoms with Gasteiger partial charge in [-0.05, 0) is 55.0 Å². The number of carbonyl (C=O) groups excluding carboxylic acids is 1. The van der Waals surface area contributed by atoms with Gasteiger partial charge in [-0.2, -0.15) is 0 Å². The molecule has 0 spiro atoms. The average Bonchev–Trinajstić information content (AvgIpc) is 2.78. The number of hydrogen-bond donors (Lipinski definition) is 2. The number of likely N-dealkylation sites (tertiary alicyclic amines) is 1. The van der Waals surface area contributed by atoms with Gasteiger partial charge in [-0.1, -0.05) is 66.2 Å². The number of nitrogens with one attached hydrogen (secondary N) is 2. The number of hydrogen-bond acceptors (Lipinski definition) is 1. The molecule has 0 aliphatic carbocycles. The molecule has 0 radical (unpaired) electrons. The first-order chi connectivity index (χ1) is 14.7. The SMILES string of the molecule is O=C(Nc1ccccc1Cl)c1ccc(C[NH+]2CCC(Cc3ccccc3)CC2)cc1. The zero-order chi connectivity index (χ0) is 20.8. The van der Waals surface area contributed by atoms with E-state index in [9.17, 15) is 4.79 Å². The highest BCUT2D eigenvalue weighted by atomic mass is 35.5. The summed E-state index contributed by atoms with van der Waals surface area (Å²) in [5, 5.41) is 3.42. The monoisotopic (exact) mass is 419 g/mol. The maximum absolute atomic E-state index is 12.5. The van der Waals surface area contributed by atoms with Gasteiger partial charge in [0.05, 0.1) is 23.8 Å². The molecule has 3 nitrogen and oxygen atoms in total. The average molecular weight is 420 g/mol. The summed E-state index contributed by atoms with van der Waals surface area (Å²) >= 11 is 6.13. The van der Waals surface area contributed by atoms with Crippen LogP contribution in [-0.4, -0.2) is 19.0 Å². The smallest absolute Gasteiger partial charge is 0.255 e. The lowest BCUT2D eigenvalue weighted by Crippen LogP contribution is -3.11. The number of rotatable bonds is 6. The predicted octanol–water partition coefficient (Wildman–Crippen LogP) is 4.63. The van der Waals surface area contributed by atoms with Crippen molar-refractivity contribution in [3.63, 3.8) is 0 Å². The molecule has 1 amide bonds. The molecule has 2 N–H and O–H groups in total. The van der Waals surface area contributed by atoms with E-state index in [1.54, 1.807) is 17.0 Å². The molecule has 4 rings (SSSR count). The van der Waals surface area contributed by atoms with Gasteiger partial charge >= 0.3 is 0 Å². The van der Waals surface area contributed by atoms with E-state index in [0.29, 0.717) is 16.3 Å². The van der Waals surface area contributed by atoms with E-state index in [1.165, 1.54) is 43.5 Å². The van der Waals surface area contributed by atoms with Gasteiger partial charge in [0.15, 0.2) is 0 Å². The number of piperidine rings is 1. The van der Waals surface area contributed by atoms with Gasteiger partial charge in [0, 0.05) is 11.1 Å². The highest BCUT2D eigenvalue weighted by Gasteiger charge is 2.22. The highest BCUT2D eigenvalue weighted by Crippen LogP contribution is 2.21. The van der Waals surface area contributed by atoms with Crippen molar-refractivity contribution in [3.8, 4) is 0 Å². The van der Waals surface area contributed by atoms with Crippen LogP contribution in [-0.2, 0) is 13.0 Å². The van der Waals surface area contributed by atoms with Crippen LogP contribution in [0.2, 0.25) is 5.02 Å². The Labute approximate surface area is 183 Å². The number of anilines is 1. The van der Waals surface area contributed by atoms with Crippen molar-refractivity contribution in [3.05, 3.63) is 101 Å². The quantitative estimate of drug-likeness (QED) is 0.600. The highest BCUT2D eigenvalue weighted by molar-refractivity contribution is 6.33. The van der Waals surface area contributed by atoms with Crippen molar-refractivity contribution in [1.29, 1.82) is 0 Å². The maximum Gasteiger partial charge on any atom is 0.255 e. The van der Waals surface area contributed by atoms with Crippen LogP contribution in [0.3, 0.4) is 0 Å². The first kappa shape index (κ1) is 20.6. The number of quaternary nitrogens is 1. The molecule has 0 aromatic heterocycles. The molecular formula is C26H28ClN2O+. The molecule has 0 saturated carbocycles. The molecular weight excluding hydrogens is 392 g/mol. The van der Waals surface area contributed by atoms with E-state index in [4.69, 9.17) is 11.6 Å². The molecule has 1 fully saturated rings. The topological polar surface area (TPSA) is 33.5 Å². The summed E-state index contributed by atoms with van der Waals surface area (Å²) in [5.74, 6) is 0.663. The maximum atomic E-state index is 12.5. The summed E-state index contributed by atoms with van der Waals surface area (Å²) in [4.78, 5) is 14.1. The van der Waals surface area contributed by atoms with Crippen LogP contribution >= 0.6 is 11.6 Å². The Morgan fingerprint density at radius 2 is 1.53 bits per heavy atom. The van der Waals surface area contributed by atoms with Gasteiger partial charge in [-0.3, -0.25) is 4.79 Å². The number of halogens is 1. The summed E-state index contributed by atoms with van der Waals surface area (Å²) in [7, 11) is 0. The van der Waals surface area contributed by atoms with Crippen molar-refractivity contribution < 1.29 is 9.69 Å². The second-order valence-electron chi connectivity index (χ2n) is 8.19. The summed E-state index contributed by atoms with van der Waals surface area (Å²) in [6, 6.07) is 26.1. The minimum atomic E-state index is -0.135. The minimum Gasteiger partial charge on any atom is -0.331 e. The van der Waals surface area contributed by atoms with Crippen LogP contribution in [0, 0.1) is 5.92 Å². The van der Waals surface area contributed by atoms with Gasteiger partial charge in [-0.25, -0.2) is 0 Å². The molecule has 3 aromatic rings. The Bertz CT molecular complexity index is 964. The van der Waals surface area contributed by atoms with Crippen molar-refractivity contribution in [2.75, 3.05) is 18.4 Å². The molecule has 3 aromatic carbocycles. The zero-order valence-electron chi connectivity index (χ0n) is 17.1. The van der Waals surface area contributed by atoms with Crippen molar-refractivity contribution >= 4 is 23.2 Å². The zero-order valence-corrected chi connectivity index (χ0v) is 17.9. The lowest BCUT2D eigenvalue weighted by Gasteiger charge is -2.29. The first-order valence-corrected chi connectivity index (χ1v) is 11.1. The first-order valence-electron chi connectivity index (χ1n) is 10.7. The lowest BCUT2D eigenvalue weighted by molar-refractivity contribution is -0.919. The molecule has 1 aliphatic rings. The van der Waals surface area contributed by atoms with E-state index >= 15 is 0 Å². The van der Waals surface area contributed by atoms with Crippen LogP contribution in [0.15, 0.2) is 78.9 Å². The van der Waals surface area contributed by atoms with Crippen LogP contribution in [0.1, 0.15) is 34.3 Å².